The summed E-state index contributed by atoms with van der Waals surface area (Å²) in [5.41, 5.74) is 0. The van der Waals surface area contributed by atoms with Gasteiger partial charge in [-0.05, 0) is 18.9 Å². The molecule has 1 amide bonds. The summed E-state index contributed by atoms with van der Waals surface area (Å²) in [6, 6.07) is 2.47. The standard InChI is InChI=1S/C16H25N5O2/c1-19(15-2-5-17-13-18-15)14-3-6-20(7-4-14)8-9-21-10-11-23-12-16(21)22/h2,5,13-14H,3-4,6-12H2,1H3. The first kappa shape index (κ1) is 16.1. The van der Waals surface area contributed by atoms with Crippen LogP contribution in [0.15, 0.2) is 18.6 Å². The van der Waals surface area contributed by atoms with Crippen LogP contribution in [0.2, 0.25) is 0 Å². The first-order chi connectivity index (χ1) is 11.2. The predicted octanol–water partition coefficient (Wildman–Crippen LogP) is 0.236. The highest BCUT2D eigenvalue weighted by molar-refractivity contribution is 5.77. The van der Waals surface area contributed by atoms with Gasteiger partial charge >= 0.3 is 0 Å². The summed E-state index contributed by atoms with van der Waals surface area (Å²) >= 11 is 0. The number of piperidine rings is 1. The number of likely N-dealkylation sites (tertiary alicyclic amines) is 1. The monoisotopic (exact) mass is 319 g/mol. The van der Waals surface area contributed by atoms with E-state index in [-0.39, 0.29) is 12.5 Å². The molecule has 0 atom stereocenters. The molecule has 7 nitrogen and oxygen atoms in total. The van der Waals surface area contributed by atoms with Crippen LogP contribution in [0.3, 0.4) is 0 Å². The highest BCUT2D eigenvalue weighted by Crippen LogP contribution is 2.19. The molecule has 2 fully saturated rings. The maximum atomic E-state index is 11.7. The molecule has 7 heteroatoms. The molecule has 0 aromatic carbocycles. The molecule has 2 saturated heterocycles. The smallest absolute Gasteiger partial charge is 0.248 e. The third-order valence-electron chi connectivity index (χ3n) is 4.80. The van der Waals surface area contributed by atoms with Crippen molar-refractivity contribution in [2.75, 3.05) is 57.9 Å². The largest absolute Gasteiger partial charge is 0.370 e. The molecule has 23 heavy (non-hydrogen) atoms. The molecule has 2 aliphatic rings. The minimum Gasteiger partial charge on any atom is -0.370 e. The van der Waals surface area contributed by atoms with Crippen molar-refractivity contribution >= 4 is 11.7 Å². The van der Waals surface area contributed by atoms with Gasteiger partial charge in [-0.15, -0.1) is 0 Å². The zero-order valence-electron chi connectivity index (χ0n) is 13.7. The molecule has 0 bridgehead atoms. The van der Waals surface area contributed by atoms with E-state index in [0.29, 0.717) is 12.6 Å². The van der Waals surface area contributed by atoms with E-state index in [1.165, 1.54) is 0 Å². The Hall–Kier alpha value is -1.73. The summed E-state index contributed by atoms with van der Waals surface area (Å²) in [4.78, 5) is 26.7. The summed E-state index contributed by atoms with van der Waals surface area (Å²) in [7, 11) is 2.11. The fourth-order valence-electron chi connectivity index (χ4n) is 3.26. The molecule has 2 aliphatic heterocycles. The van der Waals surface area contributed by atoms with Gasteiger partial charge in [0.15, 0.2) is 0 Å². The van der Waals surface area contributed by atoms with Gasteiger partial charge in [0.2, 0.25) is 5.91 Å². The van der Waals surface area contributed by atoms with Gasteiger partial charge in [0.05, 0.1) is 6.61 Å². The molecule has 1 aromatic rings. The lowest BCUT2D eigenvalue weighted by Crippen LogP contribution is -2.48. The highest BCUT2D eigenvalue weighted by Gasteiger charge is 2.24. The number of rotatable bonds is 5. The minimum absolute atomic E-state index is 0.120. The van der Waals surface area contributed by atoms with Gasteiger partial charge in [-0.3, -0.25) is 4.79 Å². The molecule has 0 radical (unpaired) electrons. The fourth-order valence-corrected chi connectivity index (χ4v) is 3.26. The van der Waals surface area contributed by atoms with E-state index in [1.54, 1.807) is 12.5 Å². The van der Waals surface area contributed by atoms with Crippen molar-refractivity contribution in [3.63, 3.8) is 0 Å². The summed E-state index contributed by atoms with van der Waals surface area (Å²) in [6.45, 7) is 5.54. The topological polar surface area (TPSA) is 61.8 Å². The lowest BCUT2D eigenvalue weighted by Gasteiger charge is -2.38. The number of nitrogens with zero attached hydrogens (tertiary/aromatic N) is 5. The molecular formula is C16H25N5O2. The molecule has 3 rings (SSSR count). The fraction of sp³-hybridized carbons (Fsp3) is 0.688. The van der Waals surface area contributed by atoms with Crippen LogP contribution in [-0.2, 0) is 9.53 Å². The van der Waals surface area contributed by atoms with Crippen LogP contribution < -0.4 is 4.90 Å². The lowest BCUT2D eigenvalue weighted by molar-refractivity contribution is -0.142. The Kier molecular flexibility index (Phi) is 5.40. The van der Waals surface area contributed by atoms with Crippen molar-refractivity contribution < 1.29 is 9.53 Å². The molecule has 0 aliphatic carbocycles. The van der Waals surface area contributed by atoms with Gasteiger partial charge in [0, 0.05) is 52.0 Å². The Bertz CT molecular complexity index is 504. The van der Waals surface area contributed by atoms with E-state index < -0.39 is 0 Å². The maximum Gasteiger partial charge on any atom is 0.248 e. The van der Waals surface area contributed by atoms with Crippen LogP contribution >= 0.6 is 0 Å². The van der Waals surface area contributed by atoms with E-state index in [9.17, 15) is 4.79 Å². The number of hydrogen-bond acceptors (Lipinski definition) is 6. The van der Waals surface area contributed by atoms with Gasteiger partial charge < -0.3 is 19.4 Å². The van der Waals surface area contributed by atoms with E-state index >= 15 is 0 Å². The predicted molar refractivity (Wildman–Crippen MR) is 87.3 cm³/mol. The van der Waals surface area contributed by atoms with Crippen LogP contribution in [-0.4, -0.2) is 84.7 Å². The van der Waals surface area contributed by atoms with Gasteiger partial charge in [-0.1, -0.05) is 0 Å². The highest BCUT2D eigenvalue weighted by atomic mass is 16.5. The minimum atomic E-state index is 0.120. The number of hydrogen-bond donors (Lipinski definition) is 0. The summed E-state index contributed by atoms with van der Waals surface area (Å²) in [6.07, 6.45) is 5.63. The van der Waals surface area contributed by atoms with Crippen LogP contribution in [0.1, 0.15) is 12.8 Å². The Morgan fingerprint density at radius 3 is 2.83 bits per heavy atom. The van der Waals surface area contributed by atoms with Crippen LogP contribution in [0.5, 0.6) is 0 Å². The number of amides is 1. The number of carbonyl (C=O) groups excluding carboxylic acids is 1. The maximum absolute atomic E-state index is 11.7. The van der Waals surface area contributed by atoms with E-state index in [0.717, 1.165) is 51.4 Å². The third-order valence-corrected chi connectivity index (χ3v) is 4.80. The summed E-state index contributed by atoms with van der Waals surface area (Å²) in [5.74, 6) is 1.10. The van der Waals surface area contributed by atoms with Crippen molar-refractivity contribution in [3.8, 4) is 0 Å². The first-order valence-corrected chi connectivity index (χ1v) is 8.31. The van der Waals surface area contributed by atoms with E-state index in [4.69, 9.17) is 4.74 Å². The second kappa shape index (κ2) is 7.70. The van der Waals surface area contributed by atoms with Crippen molar-refractivity contribution in [2.24, 2.45) is 0 Å². The molecule has 126 valence electrons. The molecule has 0 spiro atoms. The summed E-state index contributed by atoms with van der Waals surface area (Å²) in [5, 5.41) is 0. The molecule has 0 saturated carbocycles. The van der Waals surface area contributed by atoms with Gasteiger partial charge in [-0.25, -0.2) is 9.97 Å². The van der Waals surface area contributed by atoms with Gasteiger partial charge in [-0.2, -0.15) is 0 Å². The number of ether oxygens (including phenoxy) is 1. The van der Waals surface area contributed by atoms with Gasteiger partial charge in [0.1, 0.15) is 18.8 Å². The molecular weight excluding hydrogens is 294 g/mol. The normalized spacial score (nSPS) is 20.7. The number of morpholine rings is 1. The Morgan fingerprint density at radius 1 is 1.30 bits per heavy atom. The number of carbonyl (C=O) groups is 1. The second-order valence-electron chi connectivity index (χ2n) is 6.18. The molecule has 3 heterocycles. The SMILES string of the molecule is CN(c1ccncn1)C1CCN(CCN2CCOCC2=O)CC1. The Labute approximate surface area is 137 Å². The van der Waals surface area contributed by atoms with E-state index in [2.05, 4.69) is 26.8 Å². The van der Waals surface area contributed by atoms with Crippen LogP contribution in [0, 0.1) is 0 Å². The number of anilines is 1. The Morgan fingerprint density at radius 2 is 2.13 bits per heavy atom. The average molecular weight is 319 g/mol. The van der Waals surface area contributed by atoms with Crippen molar-refractivity contribution in [2.45, 2.75) is 18.9 Å². The van der Waals surface area contributed by atoms with Crippen molar-refractivity contribution in [1.29, 1.82) is 0 Å². The second-order valence-corrected chi connectivity index (χ2v) is 6.18. The summed E-state index contributed by atoms with van der Waals surface area (Å²) < 4.78 is 5.17. The third kappa shape index (κ3) is 4.17. The lowest BCUT2D eigenvalue weighted by atomic mass is 10.0. The van der Waals surface area contributed by atoms with Gasteiger partial charge in [0.25, 0.3) is 0 Å². The van der Waals surface area contributed by atoms with Crippen molar-refractivity contribution in [3.05, 3.63) is 18.6 Å². The first-order valence-electron chi connectivity index (χ1n) is 8.31. The quantitative estimate of drug-likeness (QED) is 0.775. The zero-order valence-corrected chi connectivity index (χ0v) is 13.7. The molecule has 0 unspecified atom stereocenters. The molecule has 0 N–H and O–H groups in total. The van der Waals surface area contributed by atoms with E-state index in [1.807, 2.05) is 11.0 Å². The average Bonchev–Trinajstić information content (AvgIpc) is 2.62. The zero-order chi connectivity index (χ0) is 16.1. The van der Waals surface area contributed by atoms with Crippen LogP contribution in [0.4, 0.5) is 5.82 Å². The molecule has 1 aromatic heterocycles. The van der Waals surface area contributed by atoms with Crippen molar-refractivity contribution in [1.82, 2.24) is 19.8 Å². The number of aromatic nitrogens is 2. The Balaban J connectivity index is 1.42. The van der Waals surface area contributed by atoms with Crippen LogP contribution in [0.25, 0.3) is 0 Å².